The second kappa shape index (κ2) is 6.57. The lowest BCUT2D eigenvalue weighted by molar-refractivity contribution is -0.763. The molecule has 0 aliphatic heterocycles. The molecule has 2 N–H and O–H groups in total. The van der Waals surface area contributed by atoms with Gasteiger partial charge in [0.15, 0.2) is 0 Å². The van der Waals surface area contributed by atoms with Crippen molar-refractivity contribution in [2.75, 3.05) is 12.4 Å². The first-order chi connectivity index (χ1) is 10.4. The Hall–Kier alpha value is -2.10. The summed E-state index contributed by atoms with van der Waals surface area (Å²) in [5.74, 6) is 1.99. The number of nitrogens with one attached hydrogen (secondary N) is 2. The maximum atomic E-state index is 4.40. The van der Waals surface area contributed by atoms with Crippen LogP contribution in [0, 0.1) is 0 Å². The summed E-state index contributed by atoms with van der Waals surface area (Å²) in [6.07, 6.45) is 8.52. The standard InChI is InChI=1S/C17H22N4/c1-18-17(14-8-4-2-5-9-14)20-16-12-13-19-21(16)15-10-6-3-7-11-15/h2,4-5,8-9,12-13,15H,3,6-7,10-11H2,1H3,(H,18,19,20)/p+1. The number of amidine groups is 1. The molecule has 0 saturated heterocycles. The molecule has 0 atom stereocenters. The van der Waals surface area contributed by atoms with Gasteiger partial charge in [0.25, 0.3) is 0 Å². The number of rotatable bonds is 3. The van der Waals surface area contributed by atoms with Gasteiger partial charge in [-0.05, 0) is 37.8 Å². The van der Waals surface area contributed by atoms with E-state index < -0.39 is 0 Å². The van der Waals surface area contributed by atoms with E-state index in [1.54, 1.807) is 0 Å². The summed E-state index contributed by atoms with van der Waals surface area (Å²) in [5.41, 5.74) is 1.11. The van der Waals surface area contributed by atoms with Crippen LogP contribution in [0.3, 0.4) is 0 Å². The fraction of sp³-hybridized carbons (Fsp3) is 0.412. The van der Waals surface area contributed by atoms with E-state index in [0.29, 0.717) is 6.04 Å². The number of aromatic amines is 1. The van der Waals surface area contributed by atoms with Gasteiger partial charge in [-0.3, -0.25) is 4.99 Å². The zero-order valence-electron chi connectivity index (χ0n) is 12.5. The number of anilines is 1. The Bertz CT molecular complexity index is 594. The molecule has 21 heavy (non-hydrogen) atoms. The summed E-state index contributed by atoms with van der Waals surface area (Å²) >= 11 is 0. The third-order valence-electron chi connectivity index (χ3n) is 4.17. The molecule has 0 bridgehead atoms. The summed E-state index contributed by atoms with van der Waals surface area (Å²) in [5, 5.41) is 6.83. The number of H-pyrrole nitrogens is 1. The average Bonchev–Trinajstić information content (AvgIpc) is 3.02. The molecule has 1 aliphatic rings. The Morgan fingerprint density at radius 2 is 1.90 bits per heavy atom. The van der Waals surface area contributed by atoms with Gasteiger partial charge in [0.1, 0.15) is 6.04 Å². The number of nitrogens with zero attached hydrogens (tertiary/aromatic N) is 2. The molecule has 1 heterocycles. The second-order valence-electron chi connectivity index (χ2n) is 5.57. The minimum absolute atomic E-state index is 0.574. The Kier molecular flexibility index (Phi) is 4.34. The monoisotopic (exact) mass is 283 g/mol. The van der Waals surface area contributed by atoms with E-state index in [-0.39, 0.29) is 0 Å². The van der Waals surface area contributed by atoms with Crippen LogP contribution in [0.4, 0.5) is 5.82 Å². The van der Waals surface area contributed by atoms with Gasteiger partial charge >= 0.3 is 5.82 Å². The van der Waals surface area contributed by atoms with E-state index in [4.69, 9.17) is 0 Å². The van der Waals surface area contributed by atoms with E-state index in [9.17, 15) is 0 Å². The summed E-state index contributed by atoms with van der Waals surface area (Å²) in [6.45, 7) is 0. The highest BCUT2D eigenvalue weighted by Gasteiger charge is 2.24. The number of aliphatic imine (C=N–C) groups is 1. The zero-order valence-corrected chi connectivity index (χ0v) is 12.5. The first-order valence-electron chi connectivity index (χ1n) is 7.76. The smallest absolute Gasteiger partial charge is 0.251 e. The van der Waals surface area contributed by atoms with Gasteiger partial charge in [-0.2, -0.15) is 4.68 Å². The van der Waals surface area contributed by atoms with Gasteiger partial charge in [0, 0.05) is 24.9 Å². The zero-order chi connectivity index (χ0) is 14.5. The van der Waals surface area contributed by atoms with Crippen molar-refractivity contribution in [2.45, 2.75) is 38.1 Å². The van der Waals surface area contributed by atoms with E-state index in [0.717, 1.165) is 17.2 Å². The average molecular weight is 283 g/mol. The Balaban J connectivity index is 1.80. The van der Waals surface area contributed by atoms with Crippen LogP contribution in [0.15, 0.2) is 47.6 Å². The topological polar surface area (TPSA) is 44.1 Å². The first kappa shape index (κ1) is 13.9. The second-order valence-corrected chi connectivity index (χ2v) is 5.57. The minimum atomic E-state index is 0.574. The maximum Gasteiger partial charge on any atom is 0.301 e. The lowest BCUT2D eigenvalue weighted by Crippen LogP contribution is -2.45. The highest BCUT2D eigenvalue weighted by atomic mass is 15.3. The first-order valence-corrected chi connectivity index (χ1v) is 7.76. The van der Waals surface area contributed by atoms with Crippen molar-refractivity contribution in [3.05, 3.63) is 48.2 Å². The van der Waals surface area contributed by atoms with Crippen molar-refractivity contribution in [3.8, 4) is 0 Å². The lowest BCUT2D eigenvalue weighted by atomic mass is 9.96. The summed E-state index contributed by atoms with van der Waals surface area (Å²) in [4.78, 5) is 4.40. The molecular formula is C17H23N4+. The van der Waals surface area contributed by atoms with Crippen LogP contribution in [0.2, 0.25) is 0 Å². The Morgan fingerprint density at radius 3 is 2.62 bits per heavy atom. The minimum Gasteiger partial charge on any atom is -0.251 e. The molecule has 1 fully saturated rings. The van der Waals surface area contributed by atoms with Gasteiger partial charge in [0.2, 0.25) is 5.84 Å². The van der Waals surface area contributed by atoms with E-state index in [1.165, 1.54) is 32.1 Å². The summed E-state index contributed by atoms with van der Waals surface area (Å²) in [6, 6.07) is 12.9. The lowest BCUT2D eigenvalue weighted by Gasteiger charge is -2.19. The Labute approximate surface area is 125 Å². The molecule has 0 spiro atoms. The molecule has 1 aliphatic carbocycles. The van der Waals surface area contributed by atoms with Crippen LogP contribution >= 0.6 is 0 Å². The predicted octanol–water partition coefficient (Wildman–Crippen LogP) is 3.30. The van der Waals surface area contributed by atoms with Crippen molar-refractivity contribution in [1.82, 2.24) is 5.10 Å². The molecule has 110 valence electrons. The van der Waals surface area contributed by atoms with Gasteiger partial charge in [-0.25, -0.2) is 10.4 Å². The molecule has 1 aromatic heterocycles. The highest BCUT2D eigenvalue weighted by Crippen LogP contribution is 2.24. The molecule has 4 heteroatoms. The molecule has 0 amide bonds. The van der Waals surface area contributed by atoms with E-state index in [2.05, 4.69) is 38.3 Å². The van der Waals surface area contributed by atoms with Crippen LogP contribution in [0.1, 0.15) is 43.7 Å². The molecule has 4 nitrogen and oxygen atoms in total. The molecule has 0 unspecified atom stereocenters. The van der Waals surface area contributed by atoms with Crippen molar-refractivity contribution in [2.24, 2.45) is 4.99 Å². The van der Waals surface area contributed by atoms with Crippen LogP contribution < -0.4 is 10.00 Å². The van der Waals surface area contributed by atoms with Gasteiger partial charge in [-0.15, -0.1) is 0 Å². The third kappa shape index (κ3) is 3.15. The maximum absolute atomic E-state index is 4.40. The normalized spacial score (nSPS) is 16.9. The quantitative estimate of drug-likeness (QED) is 0.507. The van der Waals surface area contributed by atoms with Crippen LogP contribution in [0.5, 0.6) is 0 Å². The van der Waals surface area contributed by atoms with Gasteiger partial charge in [-0.1, -0.05) is 24.6 Å². The molecule has 1 aromatic carbocycles. The Morgan fingerprint density at radius 1 is 1.14 bits per heavy atom. The van der Waals surface area contributed by atoms with Crippen molar-refractivity contribution >= 4 is 11.7 Å². The molecule has 0 radical (unpaired) electrons. The number of hydrogen-bond donors (Lipinski definition) is 2. The number of hydrogen-bond acceptors (Lipinski definition) is 1. The third-order valence-corrected chi connectivity index (χ3v) is 4.17. The number of aromatic nitrogens is 2. The SMILES string of the molecule is CN=C(Nc1cc[nH][n+]1C1CCCCC1)c1ccccc1. The van der Waals surface area contributed by atoms with Crippen molar-refractivity contribution in [3.63, 3.8) is 0 Å². The summed E-state index contributed by atoms with van der Waals surface area (Å²) < 4.78 is 2.26. The van der Waals surface area contributed by atoms with Crippen LogP contribution in [0.25, 0.3) is 0 Å². The largest absolute Gasteiger partial charge is 0.301 e. The van der Waals surface area contributed by atoms with Crippen LogP contribution in [-0.2, 0) is 0 Å². The van der Waals surface area contributed by atoms with E-state index in [1.807, 2.05) is 31.4 Å². The molecule has 3 rings (SSSR count). The number of benzene rings is 1. The van der Waals surface area contributed by atoms with Crippen LogP contribution in [-0.4, -0.2) is 18.0 Å². The fourth-order valence-electron chi connectivity index (χ4n) is 3.06. The van der Waals surface area contributed by atoms with Gasteiger partial charge in [0.05, 0.1) is 0 Å². The van der Waals surface area contributed by atoms with Gasteiger partial charge < -0.3 is 0 Å². The molecular weight excluding hydrogens is 260 g/mol. The van der Waals surface area contributed by atoms with E-state index >= 15 is 0 Å². The highest BCUT2D eigenvalue weighted by molar-refractivity contribution is 6.07. The van der Waals surface area contributed by atoms with Crippen molar-refractivity contribution in [1.29, 1.82) is 0 Å². The fourth-order valence-corrected chi connectivity index (χ4v) is 3.06. The van der Waals surface area contributed by atoms with Crippen molar-refractivity contribution < 1.29 is 4.68 Å². The summed E-state index contributed by atoms with van der Waals surface area (Å²) in [7, 11) is 1.83. The molecule has 1 saturated carbocycles. The predicted molar refractivity (Wildman–Crippen MR) is 85.6 cm³/mol. The molecule has 2 aromatic rings.